The van der Waals surface area contributed by atoms with Gasteiger partial charge < -0.3 is 68.9 Å². The van der Waals surface area contributed by atoms with Gasteiger partial charge in [-0.2, -0.15) is 0 Å². The summed E-state index contributed by atoms with van der Waals surface area (Å²) in [5.41, 5.74) is 18.0. The van der Waals surface area contributed by atoms with Crippen LogP contribution < -0.4 is 43.8 Å². The van der Waals surface area contributed by atoms with Crippen molar-refractivity contribution in [2.75, 3.05) is 13.2 Å². The highest BCUT2D eigenvalue weighted by Gasteiger charge is 2.39. The van der Waals surface area contributed by atoms with Crippen LogP contribution in [0.15, 0.2) is 43.0 Å². The number of aliphatic hydroxyl groups excluding tert-OH is 1. The Bertz CT molecular complexity index is 2090. The van der Waals surface area contributed by atoms with Crippen molar-refractivity contribution in [3.63, 3.8) is 0 Å². The van der Waals surface area contributed by atoms with Crippen LogP contribution >= 0.6 is 0 Å². The summed E-state index contributed by atoms with van der Waals surface area (Å²) in [6, 6.07) is -2.91. The van der Waals surface area contributed by atoms with Gasteiger partial charge in [0.15, 0.2) is 0 Å². The molecule has 2 aromatic heterocycles. The summed E-state index contributed by atoms with van der Waals surface area (Å²) in [6.45, 7) is 2.59. The predicted octanol–water partition coefficient (Wildman–Crippen LogP) is -4.10. The number of aromatic amines is 2. The number of carboxylic acid groups (broad SMARTS) is 1. The summed E-state index contributed by atoms with van der Waals surface area (Å²) in [5, 5.41) is 32.0. The molecule has 1 aromatic carbocycles. The number of aliphatic hydroxyl groups is 1. The largest absolute Gasteiger partial charge is 0.480 e. The molecule has 7 atom stereocenters. The molecule has 0 unspecified atom stereocenters. The number of rotatable bonds is 22. The minimum atomic E-state index is -1.72. The Kier molecular flexibility index (Phi) is 16.4. The minimum absolute atomic E-state index is 0.149. The van der Waals surface area contributed by atoms with E-state index in [1.54, 1.807) is 30.5 Å². The number of carboxylic acids is 1. The second-order valence-electron chi connectivity index (χ2n) is 15.0. The maximum Gasteiger partial charge on any atom is 0.326 e. The molecule has 3 heterocycles. The smallest absolute Gasteiger partial charge is 0.326 e. The van der Waals surface area contributed by atoms with Gasteiger partial charge in [-0.25, -0.2) is 9.78 Å². The van der Waals surface area contributed by atoms with Gasteiger partial charge in [-0.3, -0.25) is 38.4 Å². The number of benzene rings is 1. The number of hydrogen-bond donors (Lipinski definition) is 12. The molecule has 0 saturated carbocycles. The Labute approximate surface area is 348 Å². The number of carbonyl (C=O) groups excluding carboxylic acids is 8. The van der Waals surface area contributed by atoms with Crippen LogP contribution in [0.1, 0.15) is 50.8 Å². The summed E-state index contributed by atoms with van der Waals surface area (Å²) < 4.78 is 0. The fraction of sp³-hybridized carbons (Fsp3) is 0.474. The molecule has 1 fully saturated rings. The van der Waals surface area contributed by atoms with Crippen LogP contribution in [0.5, 0.6) is 0 Å². The van der Waals surface area contributed by atoms with Gasteiger partial charge in [-0.1, -0.05) is 32.0 Å². The summed E-state index contributed by atoms with van der Waals surface area (Å²) >= 11 is 0. The van der Waals surface area contributed by atoms with Gasteiger partial charge in [0.2, 0.25) is 47.3 Å². The second kappa shape index (κ2) is 21.4. The van der Waals surface area contributed by atoms with Crippen molar-refractivity contribution in [1.29, 1.82) is 0 Å². The first-order valence-corrected chi connectivity index (χ1v) is 19.4. The van der Waals surface area contributed by atoms with Crippen molar-refractivity contribution in [3.8, 4) is 0 Å². The number of primary amides is 2. The molecule has 0 aliphatic carbocycles. The van der Waals surface area contributed by atoms with E-state index in [0.717, 1.165) is 0 Å². The number of imidazole rings is 1. The lowest BCUT2D eigenvalue weighted by Gasteiger charge is -2.29. The molecule has 23 heteroatoms. The third kappa shape index (κ3) is 12.8. The molecule has 23 nitrogen and oxygen atoms in total. The highest BCUT2D eigenvalue weighted by molar-refractivity contribution is 5.99. The molecule has 3 aromatic rings. The summed E-state index contributed by atoms with van der Waals surface area (Å²) in [4.78, 5) is 128. The van der Waals surface area contributed by atoms with Gasteiger partial charge in [0, 0.05) is 48.4 Å². The standard InChI is InChI=1S/C38H52N12O11/c1-18(2)31(36(58)48-27(38(60)61)13-30(41)53)49-34(56)26(12-29(40)52)46-32(54)24(10-19-14-43-23-7-4-3-6-21(19)23)45-33(55)25(11-20-15-42-17-44-20)47-35(57)28-8-5-9-50(28)37(59)22(39)16-51/h3-4,6-7,14-15,17-18,22,24-28,31,43,51H,5,8-13,16,39H2,1-2H3,(H2,40,52)(H2,41,53)(H,42,44)(H,45,55)(H,46,54)(H,47,57)(H,48,58)(H,49,56)(H,60,61)/t22-,24-,25-,26-,27-,28-,31-/m0/s1. The van der Waals surface area contributed by atoms with Gasteiger partial charge >= 0.3 is 5.97 Å². The van der Waals surface area contributed by atoms with E-state index >= 15 is 0 Å². The Hall–Kier alpha value is -6.88. The van der Waals surface area contributed by atoms with Crippen molar-refractivity contribution in [1.82, 2.24) is 46.4 Å². The zero-order valence-electron chi connectivity index (χ0n) is 33.5. The molecule has 15 N–H and O–H groups in total. The Morgan fingerprint density at radius 2 is 1.43 bits per heavy atom. The summed E-state index contributed by atoms with van der Waals surface area (Å²) in [7, 11) is 0. The number of nitrogens with zero attached hydrogens (tertiary/aromatic N) is 2. The normalized spacial score (nSPS) is 16.7. The molecule has 1 saturated heterocycles. The molecular weight excluding hydrogens is 800 g/mol. The lowest BCUT2D eigenvalue weighted by atomic mass is 10.0. The average Bonchev–Trinajstić information content (AvgIpc) is 4.00. The number of H-pyrrole nitrogens is 2. The molecule has 1 aliphatic heterocycles. The van der Waals surface area contributed by atoms with E-state index in [2.05, 4.69) is 41.5 Å². The van der Waals surface area contributed by atoms with Crippen molar-refractivity contribution >= 4 is 64.1 Å². The van der Waals surface area contributed by atoms with Gasteiger partial charge in [-0.05, 0) is 30.4 Å². The van der Waals surface area contributed by atoms with Crippen LogP contribution in [0.3, 0.4) is 0 Å². The number of para-hydroxylation sites is 1. The zero-order valence-corrected chi connectivity index (χ0v) is 33.5. The Balaban J connectivity index is 1.62. The van der Waals surface area contributed by atoms with E-state index in [1.165, 1.54) is 31.3 Å². The minimum Gasteiger partial charge on any atom is -0.480 e. The van der Waals surface area contributed by atoms with Gasteiger partial charge in [-0.15, -0.1) is 0 Å². The van der Waals surface area contributed by atoms with Crippen LogP contribution in [0.4, 0.5) is 0 Å². The molecule has 8 amide bonds. The number of amides is 8. The number of hydrogen-bond acceptors (Lipinski definition) is 12. The van der Waals surface area contributed by atoms with E-state index in [9.17, 15) is 53.4 Å². The van der Waals surface area contributed by atoms with Crippen LogP contribution in [0.25, 0.3) is 10.9 Å². The molecule has 0 radical (unpaired) electrons. The zero-order chi connectivity index (χ0) is 45.0. The molecule has 1 aliphatic rings. The maximum absolute atomic E-state index is 14.3. The van der Waals surface area contributed by atoms with Gasteiger partial charge in [0.05, 0.1) is 25.8 Å². The third-order valence-corrected chi connectivity index (χ3v) is 10.0. The first-order chi connectivity index (χ1) is 28.9. The second-order valence-corrected chi connectivity index (χ2v) is 15.0. The third-order valence-electron chi connectivity index (χ3n) is 10.0. The molecular formula is C38H52N12O11. The van der Waals surface area contributed by atoms with Gasteiger partial charge in [0.25, 0.3) is 0 Å². The summed E-state index contributed by atoms with van der Waals surface area (Å²) in [6.07, 6.45) is 3.24. The predicted molar refractivity (Wildman–Crippen MR) is 214 cm³/mol. The lowest BCUT2D eigenvalue weighted by Crippen LogP contribution is -2.61. The molecule has 61 heavy (non-hydrogen) atoms. The van der Waals surface area contributed by atoms with Crippen LogP contribution in [-0.4, -0.2) is 139 Å². The quantitative estimate of drug-likeness (QED) is 0.0458. The number of fused-ring (bicyclic) bond motifs is 1. The van der Waals surface area contributed by atoms with Crippen LogP contribution in [-0.2, 0) is 56.0 Å². The number of aliphatic carboxylic acids is 1. The lowest BCUT2D eigenvalue weighted by molar-refractivity contribution is -0.144. The number of likely N-dealkylation sites (tertiary alicyclic amines) is 1. The van der Waals surface area contributed by atoms with E-state index in [-0.39, 0.29) is 25.8 Å². The highest BCUT2D eigenvalue weighted by Crippen LogP contribution is 2.21. The number of nitrogens with one attached hydrogen (secondary N) is 7. The molecule has 0 spiro atoms. The first kappa shape index (κ1) is 46.8. The van der Waals surface area contributed by atoms with Crippen molar-refractivity contribution in [2.45, 2.75) is 94.7 Å². The fourth-order valence-corrected chi connectivity index (χ4v) is 6.82. The van der Waals surface area contributed by atoms with Crippen molar-refractivity contribution in [3.05, 3.63) is 54.2 Å². The topological polar surface area (TPSA) is 380 Å². The average molecular weight is 853 g/mol. The summed E-state index contributed by atoms with van der Waals surface area (Å²) in [5.74, 6) is -9.54. The van der Waals surface area contributed by atoms with E-state index in [1.807, 2.05) is 0 Å². The van der Waals surface area contributed by atoms with E-state index in [4.69, 9.17) is 17.2 Å². The molecule has 0 bridgehead atoms. The number of carbonyl (C=O) groups is 9. The number of aromatic nitrogens is 3. The van der Waals surface area contributed by atoms with Crippen LogP contribution in [0.2, 0.25) is 0 Å². The maximum atomic E-state index is 14.3. The van der Waals surface area contributed by atoms with E-state index in [0.29, 0.717) is 28.6 Å². The first-order valence-electron chi connectivity index (χ1n) is 19.4. The van der Waals surface area contributed by atoms with E-state index < -0.39 is 121 Å². The Morgan fingerprint density at radius 3 is 2.03 bits per heavy atom. The monoisotopic (exact) mass is 852 g/mol. The van der Waals surface area contributed by atoms with Gasteiger partial charge in [0.1, 0.15) is 42.3 Å². The number of nitrogens with two attached hydrogens (primary N) is 3. The van der Waals surface area contributed by atoms with Crippen molar-refractivity contribution < 1.29 is 53.4 Å². The molecule has 4 rings (SSSR count). The van der Waals surface area contributed by atoms with Crippen molar-refractivity contribution in [2.24, 2.45) is 23.1 Å². The highest BCUT2D eigenvalue weighted by atomic mass is 16.4. The molecule has 330 valence electrons. The fourth-order valence-electron chi connectivity index (χ4n) is 6.82. The Morgan fingerprint density at radius 1 is 0.820 bits per heavy atom. The van der Waals surface area contributed by atoms with Crippen LogP contribution in [0, 0.1) is 5.92 Å². The SMILES string of the molecule is CC(C)[C@H](NC(=O)[C@H](CC(N)=O)NC(=O)[C@H](Cc1c[nH]c2ccccc12)NC(=O)[C@H](Cc1cnc[nH]1)NC(=O)[C@@H]1CCCN1C(=O)[C@@H](N)CO)C(=O)N[C@@H](CC(N)=O)C(=O)O.